The van der Waals surface area contributed by atoms with E-state index in [4.69, 9.17) is 0 Å². The average molecular weight is 415 g/mol. The maximum absolute atomic E-state index is 13.0. The lowest BCUT2D eigenvalue weighted by Gasteiger charge is -2.31. The number of aryl methyl sites for hydroxylation is 3. The number of benzene rings is 2. The van der Waals surface area contributed by atoms with Crippen LogP contribution in [0.3, 0.4) is 0 Å². The van der Waals surface area contributed by atoms with Crippen molar-refractivity contribution in [2.24, 2.45) is 14.1 Å². The molecular formula is C21H26N4O3S. The Morgan fingerprint density at radius 2 is 1.48 bits per heavy atom. The first-order valence-electron chi connectivity index (χ1n) is 9.82. The number of nitrogens with one attached hydrogen (secondary N) is 1. The van der Waals surface area contributed by atoms with E-state index in [-0.39, 0.29) is 10.6 Å². The molecule has 0 aliphatic carbocycles. The lowest BCUT2D eigenvalue weighted by Crippen LogP contribution is -2.30. The Hall–Kier alpha value is -2.74. The minimum Gasteiger partial charge on any atom is -0.370 e. The van der Waals surface area contributed by atoms with Crippen molar-refractivity contribution in [2.75, 3.05) is 22.7 Å². The number of rotatable bonds is 4. The van der Waals surface area contributed by atoms with E-state index < -0.39 is 10.0 Å². The SMILES string of the molecule is Cc1ccc(S(=O)(=O)Nc2cc3c(cc2N2CCCCC2)n(C)c(=O)n3C)cc1. The molecule has 0 bridgehead atoms. The monoisotopic (exact) mass is 414 g/mol. The quantitative estimate of drug-likeness (QED) is 0.712. The molecule has 0 spiro atoms. The summed E-state index contributed by atoms with van der Waals surface area (Å²) in [5.41, 5.74) is 3.66. The molecule has 0 amide bonds. The highest BCUT2D eigenvalue weighted by molar-refractivity contribution is 7.92. The highest BCUT2D eigenvalue weighted by Gasteiger charge is 2.22. The van der Waals surface area contributed by atoms with Gasteiger partial charge in [-0.2, -0.15) is 0 Å². The Morgan fingerprint density at radius 3 is 2.10 bits per heavy atom. The van der Waals surface area contributed by atoms with Crippen LogP contribution in [0.5, 0.6) is 0 Å². The van der Waals surface area contributed by atoms with Crippen LogP contribution in [-0.4, -0.2) is 30.6 Å². The molecule has 1 N–H and O–H groups in total. The van der Waals surface area contributed by atoms with E-state index in [0.29, 0.717) is 11.2 Å². The van der Waals surface area contributed by atoms with E-state index >= 15 is 0 Å². The Morgan fingerprint density at radius 1 is 0.897 bits per heavy atom. The average Bonchev–Trinajstić information content (AvgIpc) is 2.92. The van der Waals surface area contributed by atoms with Crippen LogP contribution in [0.15, 0.2) is 46.1 Å². The third-order valence-corrected chi connectivity index (χ3v) is 7.04. The fourth-order valence-corrected chi connectivity index (χ4v) is 5.00. The number of anilines is 2. The lowest BCUT2D eigenvalue weighted by molar-refractivity contribution is 0.578. The van der Waals surface area contributed by atoms with Gasteiger partial charge in [-0.15, -0.1) is 0 Å². The molecule has 0 saturated carbocycles. The van der Waals surface area contributed by atoms with Crippen molar-refractivity contribution in [3.63, 3.8) is 0 Å². The zero-order valence-corrected chi connectivity index (χ0v) is 17.8. The summed E-state index contributed by atoms with van der Waals surface area (Å²) in [6, 6.07) is 10.5. The molecule has 4 rings (SSSR count). The zero-order valence-electron chi connectivity index (χ0n) is 17.0. The summed E-state index contributed by atoms with van der Waals surface area (Å²) in [5.74, 6) is 0. The summed E-state index contributed by atoms with van der Waals surface area (Å²) in [4.78, 5) is 14.8. The smallest absolute Gasteiger partial charge is 0.328 e. The molecule has 2 aromatic carbocycles. The molecule has 1 fully saturated rings. The first kappa shape index (κ1) is 19.6. The van der Waals surface area contributed by atoms with Gasteiger partial charge in [0.05, 0.1) is 27.3 Å². The van der Waals surface area contributed by atoms with Gasteiger partial charge in [0.2, 0.25) is 0 Å². The van der Waals surface area contributed by atoms with Crippen molar-refractivity contribution in [3.05, 3.63) is 52.4 Å². The van der Waals surface area contributed by atoms with Crippen molar-refractivity contribution in [3.8, 4) is 0 Å². The maximum atomic E-state index is 13.0. The van der Waals surface area contributed by atoms with E-state index in [9.17, 15) is 13.2 Å². The number of piperidine rings is 1. The van der Waals surface area contributed by atoms with Crippen LogP contribution in [0.4, 0.5) is 11.4 Å². The number of aromatic nitrogens is 2. The van der Waals surface area contributed by atoms with Gasteiger partial charge in [-0.3, -0.25) is 13.9 Å². The Bertz CT molecular complexity index is 1220. The molecule has 0 radical (unpaired) electrons. The van der Waals surface area contributed by atoms with Gasteiger partial charge < -0.3 is 4.90 Å². The number of hydrogen-bond donors (Lipinski definition) is 1. The topological polar surface area (TPSA) is 76.3 Å². The van der Waals surface area contributed by atoms with Gasteiger partial charge >= 0.3 is 5.69 Å². The summed E-state index contributed by atoms with van der Waals surface area (Å²) >= 11 is 0. The van der Waals surface area contributed by atoms with Gasteiger partial charge in [-0.1, -0.05) is 17.7 Å². The molecule has 8 heteroatoms. The second-order valence-corrected chi connectivity index (χ2v) is 9.41. The summed E-state index contributed by atoms with van der Waals surface area (Å²) in [6.07, 6.45) is 3.30. The zero-order chi connectivity index (χ0) is 20.8. The summed E-state index contributed by atoms with van der Waals surface area (Å²) < 4.78 is 32.0. The molecule has 0 atom stereocenters. The molecule has 1 aliphatic heterocycles. The van der Waals surface area contributed by atoms with Crippen molar-refractivity contribution < 1.29 is 8.42 Å². The van der Waals surface area contributed by atoms with E-state index in [2.05, 4.69) is 9.62 Å². The molecule has 7 nitrogen and oxygen atoms in total. The Balaban J connectivity index is 1.85. The first-order valence-corrected chi connectivity index (χ1v) is 11.3. The van der Waals surface area contributed by atoms with Crippen LogP contribution >= 0.6 is 0 Å². The molecule has 1 aromatic heterocycles. The number of fused-ring (bicyclic) bond motifs is 1. The minimum atomic E-state index is -3.75. The van der Waals surface area contributed by atoms with Crippen LogP contribution in [-0.2, 0) is 24.1 Å². The minimum absolute atomic E-state index is 0.136. The van der Waals surface area contributed by atoms with Crippen molar-refractivity contribution in [2.45, 2.75) is 31.1 Å². The van der Waals surface area contributed by atoms with Crippen molar-refractivity contribution in [1.29, 1.82) is 0 Å². The van der Waals surface area contributed by atoms with Crippen LogP contribution in [0.2, 0.25) is 0 Å². The van der Waals surface area contributed by atoms with Crippen LogP contribution in [0.25, 0.3) is 11.0 Å². The van der Waals surface area contributed by atoms with E-state index in [1.807, 2.05) is 13.0 Å². The Labute approximate surface area is 170 Å². The van der Waals surface area contributed by atoms with E-state index in [0.717, 1.165) is 42.7 Å². The van der Waals surface area contributed by atoms with Crippen molar-refractivity contribution >= 4 is 32.4 Å². The first-order chi connectivity index (χ1) is 13.8. The molecular weight excluding hydrogens is 388 g/mol. The highest BCUT2D eigenvalue weighted by Crippen LogP contribution is 2.34. The van der Waals surface area contributed by atoms with E-state index in [1.165, 1.54) is 6.42 Å². The number of hydrogen-bond acceptors (Lipinski definition) is 4. The van der Waals surface area contributed by atoms with Gasteiger partial charge in [-0.05, 0) is 50.5 Å². The molecule has 29 heavy (non-hydrogen) atoms. The second-order valence-electron chi connectivity index (χ2n) is 7.72. The van der Waals surface area contributed by atoms with Gasteiger partial charge in [0.15, 0.2) is 0 Å². The number of sulfonamides is 1. The number of nitrogens with zero attached hydrogens (tertiary/aromatic N) is 3. The third-order valence-electron chi connectivity index (χ3n) is 5.66. The lowest BCUT2D eigenvalue weighted by atomic mass is 10.1. The predicted molar refractivity (Wildman–Crippen MR) is 116 cm³/mol. The molecule has 2 heterocycles. The molecule has 3 aromatic rings. The molecule has 154 valence electrons. The van der Waals surface area contributed by atoms with Gasteiger partial charge in [0.1, 0.15) is 0 Å². The fraction of sp³-hybridized carbons (Fsp3) is 0.381. The summed E-state index contributed by atoms with van der Waals surface area (Å²) in [6.45, 7) is 3.65. The van der Waals surface area contributed by atoms with Gasteiger partial charge in [-0.25, -0.2) is 13.2 Å². The van der Waals surface area contributed by atoms with Gasteiger partial charge in [0.25, 0.3) is 10.0 Å². The summed E-state index contributed by atoms with van der Waals surface area (Å²) in [7, 11) is -0.312. The van der Waals surface area contributed by atoms with Crippen LogP contribution < -0.4 is 15.3 Å². The van der Waals surface area contributed by atoms with E-state index in [1.54, 1.807) is 53.6 Å². The normalized spacial score (nSPS) is 15.1. The largest absolute Gasteiger partial charge is 0.370 e. The maximum Gasteiger partial charge on any atom is 0.328 e. The molecule has 1 saturated heterocycles. The molecule has 1 aliphatic rings. The standard InChI is InChI=1S/C21H26N4O3S/c1-15-7-9-16(10-8-15)29(27,28)22-17-13-19-20(24(3)21(26)23(19)2)14-18(17)25-11-5-4-6-12-25/h7-10,13-14,22H,4-6,11-12H2,1-3H3. The fourth-order valence-electron chi connectivity index (χ4n) is 3.93. The highest BCUT2D eigenvalue weighted by atomic mass is 32.2. The van der Waals surface area contributed by atoms with Crippen LogP contribution in [0, 0.1) is 6.92 Å². The second kappa shape index (κ2) is 7.26. The summed E-state index contributed by atoms with van der Waals surface area (Å²) in [5, 5.41) is 0. The molecule has 0 unspecified atom stereocenters. The predicted octanol–water partition coefficient (Wildman–Crippen LogP) is 2.98. The third kappa shape index (κ3) is 3.53. The van der Waals surface area contributed by atoms with Crippen LogP contribution in [0.1, 0.15) is 24.8 Å². The number of imidazole rings is 1. The Kier molecular flexibility index (Phi) is 4.90. The van der Waals surface area contributed by atoms with Gasteiger partial charge in [0, 0.05) is 27.2 Å². The van der Waals surface area contributed by atoms with Crippen molar-refractivity contribution in [1.82, 2.24) is 9.13 Å².